The maximum Gasteiger partial charge on any atom is 0.103 e. The number of rotatable bonds is 4. The molecule has 2 heteroatoms. The number of halogens is 1. The van der Waals surface area contributed by atoms with Gasteiger partial charge in [0.05, 0.1) is 5.69 Å². The van der Waals surface area contributed by atoms with Crippen molar-refractivity contribution < 1.29 is 4.39 Å². The van der Waals surface area contributed by atoms with Gasteiger partial charge in [-0.3, -0.25) is 4.98 Å². The SMILES string of the molecule is CCC=CCC1CC(F)=C(C)C=C1c1nccc2ccccc12. The number of benzene rings is 1. The molecule has 0 saturated carbocycles. The summed E-state index contributed by atoms with van der Waals surface area (Å²) in [4.78, 5) is 4.63. The molecule has 1 unspecified atom stereocenters. The highest BCUT2D eigenvalue weighted by Gasteiger charge is 2.24. The largest absolute Gasteiger partial charge is 0.256 e. The van der Waals surface area contributed by atoms with Crippen LogP contribution in [0.2, 0.25) is 0 Å². The number of hydrogen-bond acceptors (Lipinski definition) is 1. The summed E-state index contributed by atoms with van der Waals surface area (Å²) in [5, 5.41) is 2.31. The molecule has 3 rings (SSSR count). The first-order chi connectivity index (χ1) is 11.2. The summed E-state index contributed by atoms with van der Waals surface area (Å²) in [6.07, 6.45) is 10.5. The summed E-state index contributed by atoms with van der Waals surface area (Å²) in [5.74, 6) is 0.156. The third kappa shape index (κ3) is 3.26. The average molecular weight is 307 g/mol. The van der Waals surface area contributed by atoms with Crippen LogP contribution in [0.25, 0.3) is 16.3 Å². The summed E-state index contributed by atoms with van der Waals surface area (Å²) in [6, 6.07) is 10.3. The minimum Gasteiger partial charge on any atom is -0.256 e. The first-order valence-electron chi connectivity index (χ1n) is 8.26. The van der Waals surface area contributed by atoms with Crippen LogP contribution in [0.15, 0.2) is 66.2 Å². The molecule has 118 valence electrons. The molecule has 0 amide bonds. The monoisotopic (exact) mass is 307 g/mol. The molecule has 1 aromatic heterocycles. The van der Waals surface area contributed by atoms with E-state index in [1.54, 1.807) is 0 Å². The number of aromatic nitrogens is 1. The summed E-state index contributed by atoms with van der Waals surface area (Å²) < 4.78 is 14.1. The van der Waals surface area contributed by atoms with Gasteiger partial charge in [-0.05, 0) is 48.3 Å². The maximum atomic E-state index is 14.1. The van der Waals surface area contributed by atoms with Crippen LogP contribution in [-0.4, -0.2) is 4.98 Å². The molecule has 1 heterocycles. The fourth-order valence-electron chi connectivity index (χ4n) is 3.17. The Morgan fingerprint density at radius 1 is 1.22 bits per heavy atom. The van der Waals surface area contributed by atoms with Crippen molar-refractivity contribution in [2.45, 2.75) is 33.1 Å². The summed E-state index contributed by atoms with van der Waals surface area (Å²) >= 11 is 0. The van der Waals surface area contributed by atoms with Gasteiger partial charge in [0.1, 0.15) is 5.83 Å². The Hall–Kier alpha value is -2.22. The van der Waals surface area contributed by atoms with Crippen LogP contribution in [0.5, 0.6) is 0 Å². The van der Waals surface area contributed by atoms with Gasteiger partial charge in [-0.25, -0.2) is 4.39 Å². The Morgan fingerprint density at radius 2 is 2.04 bits per heavy atom. The van der Waals surface area contributed by atoms with Crippen LogP contribution >= 0.6 is 0 Å². The summed E-state index contributed by atoms with van der Waals surface area (Å²) in [5.41, 5.74) is 2.87. The Balaban J connectivity index is 2.08. The van der Waals surface area contributed by atoms with E-state index in [2.05, 4.69) is 36.2 Å². The Morgan fingerprint density at radius 3 is 2.87 bits per heavy atom. The topological polar surface area (TPSA) is 12.9 Å². The third-order valence-corrected chi connectivity index (χ3v) is 4.44. The minimum absolute atomic E-state index is 0.00360. The lowest BCUT2D eigenvalue weighted by Crippen LogP contribution is -2.10. The van der Waals surface area contributed by atoms with Crippen LogP contribution in [0, 0.1) is 5.92 Å². The first-order valence-corrected chi connectivity index (χ1v) is 8.26. The fraction of sp³-hybridized carbons (Fsp3) is 0.286. The molecule has 0 radical (unpaired) electrons. The molecule has 1 aliphatic rings. The molecule has 0 bridgehead atoms. The zero-order chi connectivity index (χ0) is 16.2. The fourth-order valence-corrected chi connectivity index (χ4v) is 3.17. The van der Waals surface area contributed by atoms with Crippen molar-refractivity contribution in [3.05, 3.63) is 71.9 Å². The third-order valence-electron chi connectivity index (χ3n) is 4.44. The van der Waals surface area contributed by atoms with E-state index in [1.165, 1.54) is 5.39 Å². The van der Waals surface area contributed by atoms with Gasteiger partial charge in [-0.15, -0.1) is 0 Å². The normalized spacial score (nSPS) is 18.7. The smallest absolute Gasteiger partial charge is 0.103 e. The first kappa shape index (κ1) is 15.7. The second-order valence-corrected chi connectivity index (χ2v) is 6.08. The van der Waals surface area contributed by atoms with Crippen LogP contribution in [0.1, 0.15) is 38.8 Å². The van der Waals surface area contributed by atoms with Crippen LogP contribution in [0.4, 0.5) is 4.39 Å². The van der Waals surface area contributed by atoms with E-state index in [4.69, 9.17) is 0 Å². The predicted molar refractivity (Wildman–Crippen MR) is 95.7 cm³/mol. The van der Waals surface area contributed by atoms with Crippen molar-refractivity contribution in [3.63, 3.8) is 0 Å². The van der Waals surface area contributed by atoms with Crippen molar-refractivity contribution in [2.75, 3.05) is 0 Å². The standard InChI is InChI=1S/C21H22FN/c1-3-4-5-9-17-14-20(22)15(2)13-19(17)21-18-10-7-6-8-16(18)11-12-23-21/h4-8,10-13,17H,3,9,14H2,1-2H3. The quantitative estimate of drug-likeness (QED) is 0.609. The highest BCUT2D eigenvalue weighted by atomic mass is 19.1. The van der Waals surface area contributed by atoms with Crippen molar-refractivity contribution in [1.82, 2.24) is 4.98 Å². The molecule has 23 heavy (non-hydrogen) atoms. The van der Waals surface area contributed by atoms with E-state index in [0.29, 0.717) is 6.42 Å². The van der Waals surface area contributed by atoms with Crippen LogP contribution in [0.3, 0.4) is 0 Å². The molecule has 2 aromatic rings. The average Bonchev–Trinajstić information content (AvgIpc) is 2.57. The number of allylic oxidation sites excluding steroid dienone is 6. The van der Waals surface area contributed by atoms with E-state index in [1.807, 2.05) is 37.4 Å². The van der Waals surface area contributed by atoms with Crippen molar-refractivity contribution in [2.24, 2.45) is 5.92 Å². The van der Waals surface area contributed by atoms with Gasteiger partial charge in [-0.2, -0.15) is 0 Å². The van der Waals surface area contributed by atoms with Crippen LogP contribution < -0.4 is 0 Å². The Labute approximate surface area is 137 Å². The van der Waals surface area contributed by atoms with Crippen molar-refractivity contribution in [1.29, 1.82) is 0 Å². The van der Waals surface area contributed by atoms with Crippen LogP contribution in [-0.2, 0) is 0 Å². The van der Waals surface area contributed by atoms with E-state index >= 15 is 0 Å². The molecule has 1 aromatic carbocycles. The summed E-state index contributed by atoms with van der Waals surface area (Å²) in [6.45, 7) is 3.96. The lowest BCUT2D eigenvalue weighted by molar-refractivity contribution is 0.516. The Bertz CT molecular complexity index is 793. The second kappa shape index (κ2) is 6.91. The van der Waals surface area contributed by atoms with Gasteiger partial charge in [-0.1, -0.05) is 49.4 Å². The van der Waals surface area contributed by atoms with E-state index in [-0.39, 0.29) is 11.7 Å². The molecule has 0 saturated heterocycles. The lowest BCUT2D eigenvalue weighted by Gasteiger charge is -2.24. The molecule has 1 atom stereocenters. The minimum atomic E-state index is 0.00360. The molecule has 1 aliphatic carbocycles. The zero-order valence-electron chi connectivity index (χ0n) is 13.7. The molecule has 0 spiro atoms. The molecule has 1 nitrogen and oxygen atoms in total. The number of nitrogens with zero attached hydrogens (tertiary/aromatic N) is 1. The molecule has 0 fully saturated rings. The summed E-state index contributed by atoms with van der Waals surface area (Å²) in [7, 11) is 0. The predicted octanol–water partition coefficient (Wildman–Crippen LogP) is 6.24. The second-order valence-electron chi connectivity index (χ2n) is 6.08. The molecule has 0 N–H and O–H groups in total. The Kier molecular flexibility index (Phi) is 4.71. The van der Waals surface area contributed by atoms with Gasteiger partial charge in [0.25, 0.3) is 0 Å². The van der Waals surface area contributed by atoms with E-state index < -0.39 is 0 Å². The van der Waals surface area contributed by atoms with Gasteiger partial charge >= 0.3 is 0 Å². The van der Waals surface area contributed by atoms with Gasteiger partial charge in [0, 0.05) is 18.0 Å². The van der Waals surface area contributed by atoms with Crippen molar-refractivity contribution in [3.8, 4) is 0 Å². The highest BCUT2D eigenvalue weighted by Crippen LogP contribution is 2.39. The molecular formula is C21H22FN. The van der Waals surface area contributed by atoms with Gasteiger partial charge in [0.2, 0.25) is 0 Å². The number of hydrogen-bond donors (Lipinski definition) is 0. The highest BCUT2D eigenvalue weighted by molar-refractivity contribution is 5.93. The van der Waals surface area contributed by atoms with E-state index in [0.717, 1.165) is 35.1 Å². The molecular weight excluding hydrogens is 285 g/mol. The molecule has 0 aliphatic heterocycles. The van der Waals surface area contributed by atoms with E-state index in [9.17, 15) is 4.39 Å². The van der Waals surface area contributed by atoms with Gasteiger partial charge < -0.3 is 0 Å². The van der Waals surface area contributed by atoms with Crippen molar-refractivity contribution >= 4 is 16.3 Å². The number of pyridine rings is 1. The number of fused-ring (bicyclic) bond motifs is 1. The zero-order valence-corrected chi connectivity index (χ0v) is 13.7. The van der Waals surface area contributed by atoms with Gasteiger partial charge in [0.15, 0.2) is 0 Å². The maximum absolute atomic E-state index is 14.1. The lowest BCUT2D eigenvalue weighted by atomic mass is 9.82.